The Morgan fingerprint density at radius 2 is 1.82 bits per heavy atom. The molecular weight excluding hydrogens is 732 g/mol. The zero-order chi connectivity index (χ0) is 39.7. The Hall–Kier alpha value is -5.63. The molecule has 5 unspecified atom stereocenters. The van der Waals surface area contributed by atoms with Crippen molar-refractivity contribution in [1.29, 1.82) is 0 Å². The van der Waals surface area contributed by atoms with Crippen LogP contribution >= 0.6 is 0 Å². The van der Waals surface area contributed by atoms with E-state index in [1.54, 1.807) is 59.3 Å². The molecule has 0 radical (unpaired) electrons. The minimum atomic E-state index is -1.70. The number of nitrogens with one attached hydrogen (secondary N) is 3. The maximum absolute atomic E-state index is 13.2. The molecule has 0 aliphatic carbocycles. The van der Waals surface area contributed by atoms with Gasteiger partial charge in [-0.15, -0.1) is 0 Å². The van der Waals surface area contributed by atoms with Crippen molar-refractivity contribution in [2.24, 2.45) is 12.0 Å². The summed E-state index contributed by atoms with van der Waals surface area (Å²) in [6.07, 6.45) is -0.503. The smallest absolute Gasteiger partial charge is 0.287 e. The van der Waals surface area contributed by atoms with Gasteiger partial charge in [0.15, 0.2) is 12.1 Å². The number of benzene rings is 2. The highest BCUT2D eigenvalue weighted by Crippen LogP contribution is 2.34. The van der Waals surface area contributed by atoms with Gasteiger partial charge in [-0.05, 0) is 55.7 Å². The number of aliphatic hydroxyl groups excluding tert-OH is 5. The van der Waals surface area contributed by atoms with Crippen LogP contribution in [0.3, 0.4) is 0 Å². The summed E-state index contributed by atoms with van der Waals surface area (Å²) in [5.41, 5.74) is 2.69. The van der Waals surface area contributed by atoms with Gasteiger partial charge in [0.2, 0.25) is 5.91 Å². The number of fused-ring (bicyclic) bond motifs is 3. The van der Waals surface area contributed by atoms with Gasteiger partial charge in [-0.1, -0.05) is 0 Å². The van der Waals surface area contributed by atoms with Crippen LogP contribution in [0.1, 0.15) is 62.6 Å². The van der Waals surface area contributed by atoms with Crippen molar-refractivity contribution >= 4 is 57.9 Å². The van der Waals surface area contributed by atoms with Crippen LogP contribution in [0.4, 0.5) is 17.1 Å². The van der Waals surface area contributed by atoms with E-state index in [1.807, 2.05) is 0 Å². The van der Waals surface area contributed by atoms with E-state index in [0.717, 1.165) is 12.8 Å². The summed E-state index contributed by atoms with van der Waals surface area (Å²) >= 11 is 0. The zero-order valence-corrected chi connectivity index (χ0v) is 30.3. The number of aliphatic imine (C=N–C) groups is 1. The topological polar surface area (TPSA) is 258 Å². The number of amides is 4. The van der Waals surface area contributed by atoms with Crippen molar-refractivity contribution in [1.82, 2.24) is 14.8 Å². The van der Waals surface area contributed by atoms with Gasteiger partial charge in [0.05, 0.1) is 42.8 Å². The van der Waals surface area contributed by atoms with E-state index >= 15 is 0 Å². The minimum absolute atomic E-state index is 0.0407. The highest BCUT2D eigenvalue weighted by atomic mass is 16.6. The summed E-state index contributed by atoms with van der Waals surface area (Å²) in [5, 5.41) is 58.3. The van der Waals surface area contributed by atoms with Gasteiger partial charge in [0.1, 0.15) is 41.4 Å². The summed E-state index contributed by atoms with van der Waals surface area (Å²) in [6.45, 7) is -0.147. The van der Waals surface area contributed by atoms with Gasteiger partial charge in [-0.3, -0.25) is 24.2 Å². The molecule has 18 nitrogen and oxygen atoms in total. The van der Waals surface area contributed by atoms with Gasteiger partial charge >= 0.3 is 0 Å². The van der Waals surface area contributed by atoms with E-state index in [1.165, 1.54) is 12.1 Å². The van der Waals surface area contributed by atoms with Crippen LogP contribution in [-0.4, -0.2) is 121 Å². The fourth-order valence-electron chi connectivity index (χ4n) is 7.07. The van der Waals surface area contributed by atoms with Gasteiger partial charge in [-0.25, -0.2) is 0 Å². The lowest BCUT2D eigenvalue weighted by Gasteiger charge is -2.40. The quantitative estimate of drug-likeness (QED) is 0.0944. The molecule has 4 amide bonds. The number of rotatable bonds is 12. The van der Waals surface area contributed by atoms with Crippen LogP contribution in [-0.2, 0) is 23.2 Å². The van der Waals surface area contributed by atoms with Crippen LogP contribution < -0.4 is 20.7 Å². The van der Waals surface area contributed by atoms with Crippen molar-refractivity contribution in [2.75, 3.05) is 30.4 Å². The number of aliphatic hydroxyl groups is 5. The Kier molecular flexibility index (Phi) is 11.2. The van der Waals surface area contributed by atoms with E-state index in [4.69, 9.17) is 13.9 Å². The maximum atomic E-state index is 13.2. The second-order valence-electron chi connectivity index (χ2n) is 13.9. The van der Waals surface area contributed by atoms with Crippen LogP contribution in [0.25, 0.3) is 11.0 Å². The first-order chi connectivity index (χ1) is 26.9. The number of aromatic nitrogens is 1. The Morgan fingerprint density at radius 3 is 2.61 bits per heavy atom. The van der Waals surface area contributed by atoms with E-state index in [2.05, 4.69) is 20.9 Å². The SMILES string of the molecule is Cn1cc(NC(=O)CCCOc2cc3c(cc2CO)C(=O)N2CCC[C@H]2C=N3)cc1C(=O)Nc1ccc2oc(C(=O)NC3C(O)OC(CO)C(O)C3O)cc2c1. The lowest BCUT2D eigenvalue weighted by atomic mass is 9.97. The molecule has 6 atom stereocenters. The number of ether oxygens (including phenoxy) is 2. The molecular formula is C38H42N6O12. The van der Waals surface area contributed by atoms with Gasteiger partial charge in [0, 0.05) is 55.1 Å². The molecule has 3 aliphatic heterocycles. The molecule has 56 heavy (non-hydrogen) atoms. The third-order valence-corrected chi connectivity index (χ3v) is 10.0. The lowest BCUT2D eigenvalue weighted by Crippen LogP contribution is -2.64. The fourth-order valence-corrected chi connectivity index (χ4v) is 7.07. The molecule has 0 bridgehead atoms. The Balaban J connectivity index is 0.910. The molecule has 4 aromatic rings. The third-order valence-electron chi connectivity index (χ3n) is 10.0. The summed E-state index contributed by atoms with van der Waals surface area (Å²) in [7, 11) is 1.65. The molecule has 296 valence electrons. The van der Waals surface area contributed by atoms with Crippen LogP contribution in [0.15, 0.2) is 58.1 Å². The molecule has 2 aromatic heterocycles. The normalized spacial score (nSPS) is 23.0. The predicted molar refractivity (Wildman–Crippen MR) is 199 cm³/mol. The molecule has 2 aromatic carbocycles. The third kappa shape index (κ3) is 7.88. The summed E-state index contributed by atoms with van der Waals surface area (Å²) in [6, 6.07) is 9.43. The molecule has 2 saturated heterocycles. The predicted octanol–water partition coefficient (Wildman–Crippen LogP) is 1.16. The van der Waals surface area contributed by atoms with E-state index in [9.17, 15) is 44.7 Å². The first kappa shape index (κ1) is 38.6. The number of carbonyl (C=O) groups is 4. The number of hydrogen-bond donors (Lipinski definition) is 8. The maximum Gasteiger partial charge on any atom is 0.287 e. The first-order valence-corrected chi connectivity index (χ1v) is 18.1. The number of hydrogen-bond acceptors (Lipinski definition) is 13. The number of carbonyl (C=O) groups excluding carboxylic acids is 4. The number of anilines is 2. The monoisotopic (exact) mass is 774 g/mol. The van der Waals surface area contributed by atoms with Crippen LogP contribution in [0, 0.1) is 0 Å². The highest BCUT2D eigenvalue weighted by molar-refractivity contribution is 6.06. The zero-order valence-electron chi connectivity index (χ0n) is 30.3. The Labute approximate surface area is 319 Å². The molecule has 8 N–H and O–H groups in total. The molecule has 3 aliphatic rings. The number of nitrogens with zero attached hydrogens (tertiary/aromatic N) is 3. The van der Waals surface area contributed by atoms with Crippen LogP contribution in [0.5, 0.6) is 5.75 Å². The molecule has 5 heterocycles. The number of aryl methyl sites for hydroxylation is 1. The summed E-state index contributed by atoms with van der Waals surface area (Å²) < 4.78 is 18.1. The van der Waals surface area contributed by atoms with E-state index < -0.39 is 49.1 Å². The standard InChI is InChI=1S/C38H42N6O12/c1-43-16-22(40-31(47)5-3-9-54-28-14-25-24(11-20(28)17-45)37(52)44-8-2-4-23(44)15-39-25)13-26(43)35(50)41-21-6-7-27-19(10-21)12-29(55-27)36(51)42-32-34(49)33(48)30(18-46)56-38(32)53/h6-7,10-16,23,30,32-34,38,45-46,48-49,53H,2-5,8-9,17-18H2,1H3,(H,40,47)(H,41,50)(H,42,51)/t23-,30?,32?,33?,34?,38?/m0/s1. The average molecular weight is 775 g/mol. The average Bonchev–Trinajstić information content (AvgIpc) is 3.91. The number of furan rings is 1. The van der Waals surface area contributed by atoms with Crippen molar-refractivity contribution < 1.29 is 58.6 Å². The minimum Gasteiger partial charge on any atom is -0.493 e. The van der Waals surface area contributed by atoms with E-state index in [-0.39, 0.29) is 48.9 Å². The van der Waals surface area contributed by atoms with Crippen molar-refractivity contribution in [3.8, 4) is 5.75 Å². The second-order valence-corrected chi connectivity index (χ2v) is 13.9. The summed E-state index contributed by atoms with van der Waals surface area (Å²) in [4.78, 5) is 58.3. The van der Waals surface area contributed by atoms with Crippen molar-refractivity contribution in [2.45, 2.75) is 69.0 Å². The Bertz CT molecular complexity index is 2180. The fraction of sp³-hybridized carbons (Fsp3) is 0.395. The van der Waals surface area contributed by atoms with Gasteiger partial charge in [0.25, 0.3) is 17.7 Å². The van der Waals surface area contributed by atoms with Crippen molar-refractivity contribution in [3.63, 3.8) is 0 Å². The largest absolute Gasteiger partial charge is 0.493 e. The van der Waals surface area contributed by atoms with E-state index in [0.29, 0.717) is 57.9 Å². The second kappa shape index (κ2) is 16.2. The van der Waals surface area contributed by atoms with Crippen molar-refractivity contribution in [3.05, 3.63) is 71.2 Å². The molecule has 18 heteroatoms. The molecule has 7 rings (SSSR count). The summed E-state index contributed by atoms with van der Waals surface area (Å²) in [5.74, 6) is -1.49. The lowest BCUT2D eigenvalue weighted by molar-refractivity contribution is -0.252. The molecule has 2 fully saturated rings. The highest BCUT2D eigenvalue weighted by Gasteiger charge is 2.44. The van der Waals surface area contributed by atoms with Crippen LogP contribution in [0.2, 0.25) is 0 Å². The molecule has 0 saturated carbocycles. The van der Waals surface area contributed by atoms with Gasteiger partial charge < -0.3 is 64.8 Å². The Morgan fingerprint density at radius 1 is 1.00 bits per heavy atom. The molecule has 0 spiro atoms. The first-order valence-electron chi connectivity index (χ1n) is 18.1. The van der Waals surface area contributed by atoms with Gasteiger partial charge in [-0.2, -0.15) is 0 Å².